The summed E-state index contributed by atoms with van der Waals surface area (Å²) in [6, 6.07) is 3.70. The van der Waals surface area contributed by atoms with Crippen molar-refractivity contribution in [1.82, 2.24) is 9.88 Å². The van der Waals surface area contributed by atoms with E-state index >= 15 is 0 Å². The van der Waals surface area contributed by atoms with E-state index in [2.05, 4.69) is 9.88 Å². The Hall–Kier alpha value is -0.900. The van der Waals surface area contributed by atoms with E-state index in [-0.39, 0.29) is 0 Å². The third kappa shape index (κ3) is 1.61. The zero-order valence-corrected chi connectivity index (χ0v) is 10.9. The van der Waals surface area contributed by atoms with Gasteiger partial charge in [-0.15, -0.1) is 0 Å². The summed E-state index contributed by atoms with van der Waals surface area (Å²) in [4.78, 5) is 0. The molecule has 3 rings (SSSR count). The normalized spacial score (nSPS) is 15.0. The van der Waals surface area contributed by atoms with Crippen molar-refractivity contribution in [1.29, 1.82) is 0 Å². The lowest BCUT2D eigenvalue weighted by molar-refractivity contribution is 0.401. The smallest absolute Gasteiger partial charge is 0.150 e. The molecule has 0 atom stereocenters. The standard InChI is InChI=1S/C12H12Cl2N2O/c1-17-12-10-6-15-2-3-16(10)9-5-7(13)4-8(14)11(9)12/h4-5,15H,2-3,6H2,1H3. The van der Waals surface area contributed by atoms with Gasteiger partial charge in [0.25, 0.3) is 0 Å². The van der Waals surface area contributed by atoms with Gasteiger partial charge in [-0.3, -0.25) is 0 Å². The molecule has 0 saturated carbocycles. The summed E-state index contributed by atoms with van der Waals surface area (Å²) in [5.41, 5.74) is 2.19. The first-order valence-corrected chi connectivity index (χ1v) is 6.23. The predicted octanol–water partition coefficient (Wildman–Crippen LogP) is 3.06. The molecule has 0 saturated heterocycles. The van der Waals surface area contributed by atoms with E-state index in [1.807, 2.05) is 6.07 Å². The summed E-state index contributed by atoms with van der Waals surface area (Å²) >= 11 is 12.3. The highest BCUT2D eigenvalue weighted by molar-refractivity contribution is 6.39. The molecule has 0 fully saturated rings. The minimum absolute atomic E-state index is 0.645. The second-order valence-corrected chi connectivity index (χ2v) is 4.93. The molecule has 2 aromatic rings. The first-order valence-electron chi connectivity index (χ1n) is 5.47. The highest BCUT2D eigenvalue weighted by Crippen LogP contribution is 2.40. The van der Waals surface area contributed by atoms with Crippen LogP contribution in [0.25, 0.3) is 10.9 Å². The SMILES string of the molecule is COc1c2n(c3cc(Cl)cc(Cl)c13)CCNC2. The number of methoxy groups -OCH3 is 1. The Morgan fingerprint density at radius 2 is 2.18 bits per heavy atom. The van der Waals surface area contributed by atoms with E-state index in [0.717, 1.165) is 42.0 Å². The van der Waals surface area contributed by atoms with Crippen LogP contribution in [0.4, 0.5) is 0 Å². The van der Waals surface area contributed by atoms with E-state index in [1.165, 1.54) is 0 Å². The number of benzene rings is 1. The minimum atomic E-state index is 0.645. The van der Waals surface area contributed by atoms with E-state index in [0.29, 0.717) is 10.0 Å². The summed E-state index contributed by atoms with van der Waals surface area (Å²) in [5, 5.41) is 5.59. The van der Waals surface area contributed by atoms with Crippen molar-refractivity contribution >= 4 is 34.1 Å². The van der Waals surface area contributed by atoms with Gasteiger partial charge in [-0.25, -0.2) is 0 Å². The molecule has 2 heterocycles. The number of hydrogen-bond acceptors (Lipinski definition) is 2. The van der Waals surface area contributed by atoms with Crippen LogP contribution in [-0.2, 0) is 13.1 Å². The number of nitrogens with zero attached hydrogens (tertiary/aromatic N) is 1. The Morgan fingerprint density at radius 1 is 1.35 bits per heavy atom. The Labute approximate surface area is 109 Å². The summed E-state index contributed by atoms with van der Waals surface area (Å²) < 4.78 is 7.72. The molecule has 0 spiro atoms. The van der Waals surface area contributed by atoms with E-state index in [9.17, 15) is 0 Å². The zero-order valence-electron chi connectivity index (χ0n) is 9.39. The van der Waals surface area contributed by atoms with E-state index in [1.54, 1.807) is 13.2 Å². The van der Waals surface area contributed by atoms with Crippen molar-refractivity contribution < 1.29 is 4.74 Å². The predicted molar refractivity (Wildman–Crippen MR) is 70.2 cm³/mol. The van der Waals surface area contributed by atoms with Crippen LogP contribution in [0.5, 0.6) is 5.75 Å². The van der Waals surface area contributed by atoms with Gasteiger partial charge >= 0.3 is 0 Å². The third-order valence-corrected chi connectivity index (χ3v) is 3.67. The van der Waals surface area contributed by atoms with Gasteiger partial charge in [0.05, 0.1) is 28.7 Å². The second kappa shape index (κ2) is 4.09. The highest BCUT2D eigenvalue weighted by atomic mass is 35.5. The molecule has 1 aliphatic rings. The van der Waals surface area contributed by atoms with E-state index in [4.69, 9.17) is 27.9 Å². The molecule has 17 heavy (non-hydrogen) atoms. The molecule has 1 aromatic carbocycles. The van der Waals surface area contributed by atoms with Crippen molar-refractivity contribution in [3.05, 3.63) is 27.9 Å². The first kappa shape index (κ1) is 11.2. The molecule has 0 aliphatic carbocycles. The molecular weight excluding hydrogens is 259 g/mol. The van der Waals surface area contributed by atoms with Gasteiger partial charge in [0, 0.05) is 24.7 Å². The number of fused-ring (bicyclic) bond motifs is 3. The van der Waals surface area contributed by atoms with Gasteiger partial charge in [0.15, 0.2) is 0 Å². The van der Waals surface area contributed by atoms with Crippen LogP contribution >= 0.6 is 23.2 Å². The molecule has 1 aliphatic heterocycles. The van der Waals surface area contributed by atoms with Crippen LogP contribution in [0.3, 0.4) is 0 Å². The first-order chi connectivity index (χ1) is 8.22. The summed E-state index contributed by atoms with van der Waals surface area (Å²) in [6.07, 6.45) is 0. The lowest BCUT2D eigenvalue weighted by atomic mass is 10.2. The van der Waals surface area contributed by atoms with Crippen molar-refractivity contribution in [2.45, 2.75) is 13.1 Å². The summed E-state index contributed by atoms with van der Waals surface area (Å²) in [6.45, 7) is 2.65. The average Bonchev–Trinajstić information content (AvgIpc) is 2.63. The van der Waals surface area contributed by atoms with Gasteiger partial charge in [-0.2, -0.15) is 0 Å². The number of ether oxygens (including phenoxy) is 1. The Kier molecular flexibility index (Phi) is 2.69. The van der Waals surface area contributed by atoms with Crippen molar-refractivity contribution in [2.24, 2.45) is 0 Å². The molecule has 0 bridgehead atoms. The Balaban J connectivity index is 2.43. The van der Waals surface area contributed by atoms with Gasteiger partial charge in [-0.05, 0) is 12.1 Å². The maximum atomic E-state index is 6.27. The van der Waals surface area contributed by atoms with Gasteiger partial charge in [0.2, 0.25) is 0 Å². The molecule has 0 radical (unpaired) electrons. The van der Waals surface area contributed by atoms with Crippen LogP contribution in [-0.4, -0.2) is 18.2 Å². The van der Waals surface area contributed by atoms with Crippen molar-refractivity contribution in [3.8, 4) is 5.75 Å². The number of aromatic nitrogens is 1. The third-order valence-electron chi connectivity index (χ3n) is 3.15. The molecular formula is C12H12Cl2N2O. The quantitative estimate of drug-likeness (QED) is 0.862. The van der Waals surface area contributed by atoms with Crippen LogP contribution in [0.1, 0.15) is 5.69 Å². The Morgan fingerprint density at radius 3 is 2.94 bits per heavy atom. The minimum Gasteiger partial charge on any atom is -0.494 e. The van der Waals surface area contributed by atoms with Crippen LogP contribution in [0, 0.1) is 0 Å². The van der Waals surface area contributed by atoms with Crippen LogP contribution in [0.2, 0.25) is 10.0 Å². The summed E-state index contributed by atoms with van der Waals surface area (Å²) in [5.74, 6) is 0.855. The fourth-order valence-corrected chi connectivity index (χ4v) is 3.03. The lowest BCUT2D eigenvalue weighted by Crippen LogP contribution is -2.27. The molecule has 0 unspecified atom stereocenters. The number of nitrogens with one attached hydrogen (secondary N) is 1. The number of rotatable bonds is 1. The van der Waals surface area contributed by atoms with Gasteiger partial charge in [-0.1, -0.05) is 23.2 Å². The second-order valence-electron chi connectivity index (χ2n) is 4.09. The lowest BCUT2D eigenvalue weighted by Gasteiger charge is -2.17. The number of hydrogen-bond donors (Lipinski definition) is 1. The van der Waals surface area contributed by atoms with Gasteiger partial charge in [0.1, 0.15) is 5.75 Å². The van der Waals surface area contributed by atoms with Crippen molar-refractivity contribution in [3.63, 3.8) is 0 Å². The van der Waals surface area contributed by atoms with Crippen LogP contribution in [0.15, 0.2) is 12.1 Å². The average molecular weight is 271 g/mol. The number of halogens is 2. The topological polar surface area (TPSA) is 26.2 Å². The molecule has 3 nitrogen and oxygen atoms in total. The zero-order chi connectivity index (χ0) is 12.0. The van der Waals surface area contributed by atoms with E-state index < -0.39 is 0 Å². The highest BCUT2D eigenvalue weighted by Gasteiger charge is 2.22. The molecule has 0 amide bonds. The van der Waals surface area contributed by atoms with Crippen molar-refractivity contribution in [2.75, 3.05) is 13.7 Å². The monoisotopic (exact) mass is 270 g/mol. The maximum Gasteiger partial charge on any atom is 0.150 e. The maximum absolute atomic E-state index is 6.27. The fraction of sp³-hybridized carbons (Fsp3) is 0.333. The largest absolute Gasteiger partial charge is 0.494 e. The molecule has 1 N–H and O–H groups in total. The fourth-order valence-electron chi connectivity index (χ4n) is 2.46. The van der Waals surface area contributed by atoms with Gasteiger partial charge < -0.3 is 14.6 Å². The Bertz CT molecular complexity index is 592. The molecule has 5 heteroatoms. The molecule has 90 valence electrons. The van der Waals surface area contributed by atoms with Crippen LogP contribution < -0.4 is 10.1 Å². The molecule has 1 aromatic heterocycles. The summed E-state index contributed by atoms with van der Waals surface area (Å²) in [7, 11) is 1.68.